The van der Waals surface area contributed by atoms with Crippen LogP contribution in [-0.4, -0.2) is 19.0 Å². The van der Waals surface area contributed by atoms with Crippen LogP contribution in [0.3, 0.4) is 0 Å². The Balaban J connectivity index is 0.00000134. The van der Waals surface area contributed by atoms with Gasteiger partial charge in [-0.25, -0.2) is 0 Å². The first-order valence-electron chi connectivity index (χ1n) is 9.18. The summed E-state index contributed by atoms with van der Waals surface area (Å²) < 4.78 is 11.6. The molecule has 0 aliphatic carbocycles. The summed E-state index contributed by atoms with van der Waals surface area (Å²) in [6.07, 6.45) is 0. The molecule has 0 aliphatic rings. The molecule has 0 amide bonds. The van der Waals surface area contributed by atoms with Crippen molar-refractivity contribution >= 4 is 5.78 Å². The third-order valence-corrected chi connectivity index (χ3v) is 3.18. The van der Waals surface area contributed by atoms with Crippen LogP contribution in [0.1, 0.15) is 57.5 Å². The van der Waals surface area contributed by atoms with Gasteiger partial charge in [0, 0.05) is 24.3 Å². The number of ether oxygens (including phenoxy) is 2. The third kappa shape index (κ3) is 6.11. The molecule has 3 heteroatoms. The van der Waals surface area contributed by atoms with Gasteiger partial charge in [0.2, 0.25) is 5.78 Å². The predicted molar refractivity (Wildman–Crippen MR) is 105 cm³/mol. The lowest BCUT2D eigenvalue weighted by molar-refractivity contribution is -0.204. The van der Waals surface area contributed by atoms with Crippen molar-refractivity contribution in [2.45, 2.75) is 47.3 Å². The second-order valence-electron chi connectivity index (χ2n) is 4.54. The number of Topliss-reactive ketones (excluding diaryl/α,β-unsaturated/α-hetero) is 1. The molecular formula is C22H32O3. The normalized spacial score (nSPS) is 10.0. The highest BCUT2D eigenvalue weighted by atomic mass is 16.7. The fourth-order valence-corrected chi connectivity index (χ4v) is 2.31. The van der Waals surface area contributed by atoms with Gasteiger partial charge in [0.1, 0.15) is 0 Å². The van der Waals surface area contributed by atoms with Crippen molar-refractivity contribution < 1.29 is 14.3 Å². The Kier molecular flexibility index (Phi) is 12.3. The van der Waals surface area contributed by atoms with E-state index >= 15 is 0 Å². The van der Waals surface area contributed by atoms with Gasteiger partial charge in [-0.1, -0.05) is 88.4 Å². The van der Waals surface area contributed by atoms with Crippen molar-refractivity contribution in [1.82, 2.24) is 0 Å². The second kappa shape index (κ2) is 13.3. The molecule has 0 saturated heterocycles. The number of rotatable bonds is 7. The summed E-state index contributed by atoms with van der Waals surface area (Å²) in [5.41, 5.74) is 1.28. The van der Waals surface area contributed by atoms with E-state index in [2.05, 4.69) is 0 Å². The zero-order valence-electron chi connectivity index (χ0n) is 16.4. The minimum absolute atomic E-state index is 0.182. The van der Waals surface area contributed by atoms with E-state index in [0.29, 0.717) is 24.3 Å². The SMILES string of the molecule is CC.CC.CCOC(OCC)(C(=O)c1ccccc1)c1ccccc1. The Bertz CT molecular complexity index is 558. The van der Waals surface area contributed by atoms with Gasteiger partial charge in [-0.3, -0.25) is 4.79 Å². The van der Waals surface area contributed by atoms with Crippen LogP contribution in [0.15, 0.2) is 60.7 Å². The van der Waals surface area contributed by atoms with E-state index in [9.17, 15) is 4.79 Å². The fourth-order valence-electron chi connectivity index (χ4n) is 2.31. The molecule has 0 spiro atoms. The standard InChI is InChI=1S/C18H20O3.2C2H6/c1-3-20-18(21-4-2,16-13-9-6-10-14-16)17(19)15-11-7-5-8-12-15;2*1-2/h5-14H,3-4H2,1-2H3;2*1-2H3. The van der Waals surface area contributed by atoms with Crippen LogP contribution in [-0.2, 0) is 15.3 Å². The van der Waals surface area contributed by atoms with E-state index < -0.39 is 5.79 Å². The number of carbonyl (C=O) groups is 1. The first-order chi connectivity index (χ1) is 12.2. The lowest BCUT2D eigenvalue weighted by atomic mass is 9.95. The van der Waals surface area contributed by atoms with Gasteiger partial charge in [-0.2, -0.15) is 0 Å². The summed E-state index contributed by atoms with van der Waals surface area (Å²) in [5, 5.41) is 0. The van der Waals surface area contributed by atoms with Crippen molar-refractivity contribution in [3.8, 4) is 0 Å². The van der Waals surface area contributed by atoms with Crippen molar-refractivity contribution in [2.24, 2.45) is 0 Å². The molecule has 0 radical (unpaired) electrons. The maximum Gasteiger partial charge on any atom is 0.261 e. The number of hydrogen-bond acceptors (Lipinski definition) is 3. The summed E-state index contributed by atoms with van der Waals surface area (Å²) in [5.74, 6) is -1.57. The molecule has 138 valence electrons. The summed E-state index contributed by atoms with van der Waals surface area (Å²) in [6.45, 7) is 12.5. The van der Waals surface area contributed by atoms with Crippen LogP contribution in [0.25, 0.3) is 0 Å². The highest BCUT2D eigenvalue weighted by molar-refractivity contribution is 6.02. The van der Waals surface area contributed by atoms with E-state index in [-0.39, 0.29) is 5.78 Å². The predicted octanol–water partition coefficient (Wildman–Crippen LogP) is 5.85. The maximum absolute atomic E-state index is 13.0. The highest BCUT2D eigenvalue weighted by Gasteiger charge is 2.42. The fraction of sp³-hybridized carbons (Fsp3) is 0.409. The number of ketones is 1. The molecule has 0 atom stereocenters. The van der Waals surface area contributed by atoms with Crippen LogP contribution in [0, 0.1) is 0 Å². The second-order valence-corrected chi connectivity index (χ2v) is 4.54. The van der Waals surface area contributed by atoms with Gasteiger partial charge in [0.05, 0.1) is 0 Å². The van der Waals surface area contributed by atoms with E-state index in [1.807, 2.05) is 90.1 Å². The lowest BCUT2D eigenvalue weighted by Crippen LogP contribution is -2.42. The first-order valence-corrected chi connectivity index (χ1v) is 9.18. The molecule has 0 aromatic heterocycles. The average molecular weight is 344 g/mol. The molecule has 2 rings (SSSR count). The van der Waals surface area contributed by atoms with Crippen molar-refractivity contribution in [3.05, 3.63) is 71.8 Å². The van der Waals surface area contributed by atoms with Crippen LogP contribution >= 0.6 is 0 Å². The Morgan fingerprint density at radius 1 is 0.760 bits per heavy atom. The van der Waals surface area contributed by atoms with Gasteiger partial charge in [0.25, 0.3) is 5.79 Å². The highest BCUT2D eigenvalue weighted by Crippen LogP contribution is 2.31. The van der Waals surface area contributed by atoms with Crippen LogP contribution in [0.5, 0.6) is 0 Å². The van der Waals surface area contributed by atoms with Gasteiger partial charge >= 0.3 is 0 Å². The Morgan fingerprint density at radius 2 is 1.16 bits per heavy atom. The molecular weight excluding hydrogens is 312 g/mol. The van der Waals surface area contributed by atoms with Gasteiger partial charge < -0.3 is 9.47 Å². The van der Waals surface area contributed by atoms with E-state index in [1.54, 1.807) is 12.1 Å². The quantitative estimate of drug-likeness (QED) is 0.467. The van der Waals surface area contributed by atoms with Crippen LogP contribution < -0.4 is 0 Å². The summed E-state index contributed by atoms with van der Waals surface area (Å²) in [4.78, 5) is 13.0. The molecule has 0 unspecified atom stereocenters. The van der Waals surface area contributed by atoms with Crippen molar-refractivity contribution in [1.29, 1.82) is 0 Å². The lowest BCUT2D eigenvalue weighted by Gasteiger charge is -2.32. The van der Waals surface area contributed by atoms with Crippen LogP contribution in [0.2, 0.25) is 0 Å². The number of benzene rings is 2. The summed E-state index contributed by atoms with van der Waals surface area (Å²) >= 11 is 0. The first kappa shape index (κ1) is 23.0. The van der Waals surface area contributed by atoms with Crippen molar-refractivity contribution in [3.63, 3.8) is 0 Å². The molecule has 0 aliphatic heterocycles. The zero-order valence-corrected chi connectivity index (χ0v) is 16.4. The Morgan fingerprint density at radius 3 is 1.56 bits per heavy atom. The molecule has 3 nitrogen and oxygen atoms in total. The van der Waals surface area contributed by atoms with E-state index in [4.69, 9.17) is 9.47 Å². The van der Waals surface area contributed by atoms with Gasteiger partial charge in [-0.05, 0) is 13.8 Å². The van der Waals surface area contributed by atoms with E-state index in [1.165, 1.54) is 0 Å². The molecule has 0 fully saturated rings. The molecule has 0 bridgehead atoms. The average Bonchev–Trinajstić information content (AvgIpc) is 2.71. The van der Waals surface area contributed by atoms with Crippen molar-refractivity contribution in [2.75, 3.05) is 13.2 Å². The minimum Gasteiger partial charge on any atom is -0.340 e. The maximum atomic E-state index is 13.0. The number of carbonyl (C=O) groups excluding carboxylic acids is 1. The topological polar surface area (TPSA) is 35.5 Å². The molecule has 2 aromatic carbocycles. The molecule has 2 aromatic rings. The third-order valence-electron chi connectivity index (χ3n) is 3.18. The minimum atomic E-state index is -1.38. The summed E-state index contributed by atoms with van der Waals surface area (Å²) in [7, 11) is 0. The molecule has 25 heavy (non-hydrogen) atoms. The monoisotopic (exact) mass is 344 g/mol. The smallest absolute Gasteiger partial charge is 0.261 e. The number of hydrogen-bond donors (Lipinski definition) is 0. The summed E-state index contributed by atoms with van der Waals surface area (Å²) in [6, 6.07) is 18.5. The van der Waals surface area contributed by atoms with E-state index in [0.717, 1.165) is 0 Å². The molecule has 0 N–H and O–H groups in total. The van der Waals surface area contributed by atoms with Crippen LogP contribution in [0.4, 0.5) is 0 Å². The molecule has 0 heterocycles. The van der Waals surface area contributed by atoms with Gasteiger partial charge in [0.15, 0.2) is 0 Å². The Labute approximate surface area is 153 Å². The largest absolute Gasteiger partial charge is 0.340 e. The molecule has 0 saturated carbocycles. The Hall–Kier alpha value is -1.97. The zero-order chi connectivity index (χ0) is 19.1. The van der Waals surface area contributed by atoms with Gasteiger partial charge in [-0.15, -0.1) is 0 Å².